The number of hydrogen-bond acceptors (Lipinski definition) is 1. The van der Waals surface area contributed by atoms with Gasteiger partial charge in [-0.1, -0.05) is 0 Å². The van der Waals surface area contributed by atoms with Gasteiger partial charge in [-0.2, -0.15) is 0 Å². The predicted molar refractivity (Wildman–Crippen MR) is 53.0 cm³/mol. The summed E-state index contributed by atoms with van der Waals surface area (Å²) in [7, 11) is 0. The SMILES string of the molecule is CC(=O)c1[nH]c2cc(F)ccc2c1C. The first-order valence-corrected chi connectivity index (χ1v) is 4.38. The zero-order valence-corrected chi connectivity index (χ0v) is 8.02. The molecule has 0 radical (unpaired) electrons. The number of benzene rings is 1. The summed E-state index contributed by atoms with van der Waals surface area (Å²) < 4.78 is 12.9. The lowest BCUT2D eigenvalue weighted by Crippen LogP contribution is -1.93. The first-order chi connectivity index (χ1) is 6.59. The number of ketones is 1. The fraction of sp³-hybridized carbons (Fsp3) is 0.182. The zero-order chi connectivity index (χ0) is 10.3. The Morgan fingerprint density at radius 2 is 2.14 bits per heavy atom. The minimum Gasteiger partial charge on any atom is -0.352 e. The van der Waals surface area contributed by atoms with Crippen LogP contribution in [0.15, 0.2) is 18.2 Å². The quantitative estimate of drug-likeness (QED) is 0.691. The Balaban J connectivity index is 2.79. The minimum atomic E-state index is -0.297. The van der Waals surface area contributed by atoms with Gasteiger partial charge in [0, 0.05) is 17.8 Å². The van der Waals surface area contributed by atoms with Crippen molar-refractivity contribution < 1.29 is 9.18 Å². The van der Waals surface area contributed by atoms with Gasteiger partial charge in [0.2, 0.25) is 0 Å². The fourth-order valence-corrected chi connectivity index (χ4v) is 1.66. The monoisotopic (exact) mass is 191 g/mol. The number of carbonyl (C=O) groups is 1. The number of aryl methyl sites for hydroxylation is 1. The Morgan fingerprint density at radius 1 is 1.43 bits per heavy atom. The highest BCUT2D eigenvalue weighted by Gasteiger charge is 2.10. The molecular formula is C11H10FNO. The third-order valence-corrected chi connectivity index (χ3v) is 2.37. The second-order valence-corrected chi connectivity index (χ2v) is 3.37. The molecule has 1 N–H and O–H groups in total. The van der Waals surface area contributed by atoms with Crippen LogP contribution < -0.4 is 0 Å². The van der Waals surface area contributed by atoms with E-state index in [0.717, 1.165) is 10.9 Å². The van der Waals surface area contributed by atoms with Crippen molar-refractivity contribution in [1.29, 1.82) is 0 Å². The highest BCUT2D eigenvalue weighted by atomic mass is 19.1. The summed E-state index contributed by atoms with van der Waals surface area (Å²) in [4.78, 5) is 14.1. The maximum atomic E-state index is 12.9. The largest absolute Gasteiger partial charge is 0.352 e. The zero-order valence-electron chi connectivity index (χ0n) is 8.02. The highest BCUT2D eigenvalue weighted by molar-refractivity contribution is 6.00. The van der Waals surface area contributed by atoms with Crippen LogP contribution in [0.3, 0.4) is 0 Å². The normalized spacial score (nSPS) is 10.8. The van der Waals surface area contributed by atoms with Crippen molar-refractivity contribution in [3.63, 3.8) is 0 Å². The van der Waals surface area contributed by atoms with Crippen LogP contribution in [0.1, 0.15) is 23.0 Å². The number of rotatable bonds is 1. The molecule has 0 amide bonds. The lowest BCUT2D eigenvalue weighted by Gasteiger charge is -1.91. The Hall–Kier alpha value is -1.64. The molecule has 2 rings (SSSR count). The van der Waals surface area contributed by atoms with E-state index < -0.39 is 0 Å². The van der Waals surface area contributed by atoms with Crippen molar-refractivity contribution in [2.75, 3.05) is 0 Å². The van der Waals surface area contributed by atoms with Gasteiger partial charge in [-0.25, -0.2) is 4.39 Å². The molecule has 1 heterocycles. The minimum absolute atomic E-state index is 0.0286. The van der Waals surface area contributed by atoms with E-state index in [0.29, 0.717) is 11.2 Å². The molecule has 2 aromatic rings. The van der Waals surface area contributed by atoms with Gasteiger partial charge in [-0.15, -0.1) is 0 Å². The van der Waals surface area contributed by atoms with Crippen LogP contribution in [0.25, 0.3) is 10.9 Å². The molecule has 0 aliphatic heterocycles. The Morgan fingerprint density at radius 3 is 2.79 bits per heavy atom. The Bertz CT molecular complexity index is 513. The van der Waals surface area contributed by atoms with Gasteiger partial charge in [0.1, 0.15) is 5.82 Å². The molecule has 0 atom stereocenters. The maximum Gasteiger partial charge on any atom is 0.176 e. The van der Waals surface area contributed by atoms with Crippen molar-refractivity contribution in [1.82, 2.24) is 4.98 Å². The molecule has 0 saturated heterocycles. The van der Waals surface area contributed by atoms with Gasteiger partial charge < -0.3 is 4.98 Å². The van der Waals surface area contributed by atoms with Crippen LogP contribution in [-0.4, -0.2) is 10.8 Å². The molecule has 0 aliphatic rings. The molecule has 1 aromatic carbocycles. The van der Waals surface area contributed by atoms with Gasteiger partial charge >= 0.3 is 0 Å². The number of aromatic nitrogens is 1. The van der Waals surface area contributed by atoms with Crippen molar-refractivity contribution in [2.24, 2.45) is 0 Å². The van der Waals surface area contributed by atoms with Crippen LogP contribution in [-0.2, 0) is 0 Å². The Labute approximate surface area is 80.7 Å². The van der Waals surface area contributed by atoms with Crippen LogP contribution in [0.2, 0.25) is 0 Å². The van der Waals surface area contributed by atoms with Crippen molar-refractivity contribution in [2.45, 2.75) is 13.8 Å². The average molecular weight is 191 g/mol. The molecule has 2 nitrogen and oxygen atoms in total. The summed E-state index contributed by atoms with van der Waals surface area (Å²) >= 11 is 0. The number of aromatic amines is 1. The average Bonchev–Trinajstić information content (AvgIpc) is 2.43. The van der Waals surface area contributed by atoms with Crippen LogP contribution in [0, 0.1) is 12.7 Å². The van der Waals surface area contributed by atoms with E-state index in [1.807, 2.05) is 6.92 Å². The lowest BCUT2D eigenvalue weighted by atomic mass is 10.1. The molecule has 14 heavy (non-hydrogen) atoms. The van der Waals surface area contributed by atoms with E-state index in [2.05, 4.69) is 4.98 Å². The summed E-state index contributed by atoms with van der Waals surface area (Å²) in [5, 5.41) is 0.900. The summed E-state index contributed by atoms with van der Waals surface area (Å²) in [6.45, 7) is 3.35. The van der Waals surface area contributed by atoms with Crippen molar-refractivity contribution in [3.8, 4) is 0 Å². The molecule has 0 saturated carbocycles. The fourth-order valence-electron chi connectivity index (χ4n) is 1.66. The lowest BCUT2D eigenvalue weighted by molar-refractivity contribution is 0.101. The van der Waals surface area contributed by atoms with Crippen LogP contribution in [0.4, 0.5) is 4.39 Å². The number of carbonyl (C=O) groups excluding carboxylic acids is 1. The molecular weight excluding hydrogens is 181 g/mol. The smallest absolute Gasteiger partial charge is 0.176 e. The highest BCUT2D eigenvalue weighted by Crippen LogP contribution is 2.22. The predicted octanol–water partition coefficient (Wildman–Crippen LogP) is 2.82. The van der Waals surface area contributed by atoms with Gasteiger partial charge in [0.05, 0.1) is 5.69 Å². The molecule has 0 fully saturated rings. The molecule has 72 valence electrons. The van der Waals surface area contributed by atoms with Gasteiger partial charge in [0.15, 0.2) is 5.78 Å². The van der Waals surface area contributed by atoms with Gasteiger partial charge in [-0.3, -0.25) is 4.79 Å². The molecule has 0 unspecified atom stereocenters. The molecule has 0 aliphatic carbocycles. The summed E-state index contributed by atoms with van der Waals surface area (Å²) in [6.07, 6.45) is 0. The second kappa shape index (κ2) is 2.94. The summed E-state index contributed by atoms with van der Waals surface area (Å²) in [5.74, 6) is -0.326. The topological polar surface area (TPSA) is 32.9 Å². The van der Waals surface area contributed by atoms with E-state index >= 15 is 0 Å². The maximum absolute atomic E-state index is 12.9. The van der Waals surface area contributed by atoms with Crippen molar-refractivity contribution >= 4 is 16.7 Å². The number of halogens is 1. The standard InChI is InChI=1S/C11H10FNO/c1-6-9-4-3-8(12)5-10(9)13-11(6)7(2)14/h3-5,13H,1-2H3. The van der Waals surface area contributed by atoms with Gasteiger partial charge in [-0.05, 0) is 30.7 Å². The number of nitrogens with one attached hydrogen (secondary N) is 1. The number of H-pyrrole nitrogens is 1. The van der Waals surface area contributed by atoms with E-state index in [4.69, 9.17) is 0 Å². The van der Waals surface area contributed by atoms with E-state index in [-0.39, 0.29) is 11.6 Å². The summed E-state index contributed by atoms with van der Waals surface area (Å²) in [6, 6.07) is 4.48. The van der Waals surface area contributed by atoms with E-state index in [1.165, 1.54) is 19.1 Å². The molecule has 0 bridgehead atoms. The van der Waals surface area contributed by atoms with Crippen LogP contribution in [0.5, 0.6) is 0 Å². The van der Waals surface area contributed by atoms with E-state index in [1.54, 1.807) is 6.07 Å². The first kappa shape index (κ1) is 8.94. The third-order valence-electron chi connectivity index (χ3n) is 2.37. The first-order valence-electron chi connectivity index (χ1n) is 4.38. The third kappa shape index (κ3) is 1.21. The second-order valence-electron chi connectivity index (χ2n) is 3.37. The number of fused-ring (bicyclic) bond motifs is 1. The molecule has 1 aromatic heterocycles. The summed E-state index contributed by atoms with van der Waals surface area (Å²) in [5.41, 5.74) is 2.12. The number of Topliss-reactive ketones (excluding diaryl/α,β-unsaturated/α-hetero) is 1. The Kier molecular flexibility index (Phi) is 1.88. The van der Waals surface area contributed by atoms with Gasteiger partial charge in [0.25, 0.3) is 0 Å². The number of hydrogen-bond donors (Lipinski definition) is 1. The molecule has 0 spiro atoms. The van der Waals surface area contributed by atoms with E-state index in [9.17, 15) is 9.18 Å². The molecule has 3 heteroatoms. The van der Waals surface area contributed by atoms with Crippen molar-refractivity contribution in [3.05, 3.63) is 35.3 Å². The van der Waals surface area contributed by atoms with Crippen LogP contribution >= 0.6 is 0 Å².